The van der Waals surface area contributed by atoms with Gasteiger partial charge in [-0.05, 0) is 101 Å². The molecule has 0 aromatic heterocycles. The summed E-state index contributed by atoms with van der Waals surface area (Å²) in [4.78, 5) is 0. The van der Waals surface area contributed by atoms with Crippen molar-refractivity contribution in [1.29, 1.82) is 0 Å². The predicted octanol–water partition coefficient (Wildman–Crippen LogP) is 9.34. The minimum atomic E-state index is -4.39. The van der Waals surface area contributed by atoms with Gasteiger partial charge in [0.25, 0.3) is 0 Å². The van der Waals surface area contributed by atoms with Gasteiger partial charge in [-0.3, -0.25) is 0 Å². The molecule has 4 rings (SSSR count). The van der Waals surface area contributed by atoms with Gasteiger partial charge in [-0.25, -0.2) is 4.57 Å². The maximum absolute atomic E-state index is 13.6. The highest BCUT2D eigenvalue weighted by molar-refractivity contribution is 8.55. The van der Waals surface area contributed by atoms with E-state index in [-0.39, 0.29) is 0 Å². The van der Waals surface area contributed by atoms with Gasteiger partial charge in [0.05, 0.1) is 5.56 Å². The molecule has 1 atom stereocenters. The molecule has 0 aliphatic heterocycles. The van der Waals surface area contributed by atoms with E-state index in [0.717, 1.165) is 51.8 Å². The zero-order valence-electron chi connectivity index (χ0n) is 19.0. The Balaban J connectivity index is 1.67. The van der Waals surface area contributed by atoms with Crippen molar-refractivity contribution < 1.29 is 26.8 Å². The Bertz CT molecular complexity index is 1400. The van der Waals surface area contributed by atoms with Crippen molar-refractivity contribution in [3.8, 4) is 11.5 Å². The first-order chi connectivity index (χ1) is 16.1. The van der Waals surface area contributed by atoms with Gasteiger partial charge in [-0.2, -0.15) is 13.2 Å². The molecule has 0 saturated heterocycles. The Morgan fingerprint density at radius 3 is 2.15 bits per heavy atom. The van der Waals surface area contributed by atoms with E-state index in [0.29, 0.717) is 28.0 Å². The zero-order valence-corrected chi connectivity index (χ0v) is 20.7. The molecular formula is C26H24F3O3PS. The summed E-state index contributed by atoms with van der Waals surface area (Å²) in [5.41, 5.74) is 1.26. The van der Waals surface area contributed by atoms with Gasteiger partial charge in [-0.1, -0.05) is 36.8 Å². The van der Waals surface area contributed by atoms with Crippen molar-refractivity contribution in [3.05, 3.63) is 83.4 Å². The van der Waals surface area contributed by atoms with E-state index in [1.807, 2.05) is 32.9 Å². The van der Waals surface area contributed by atoms with Crippen molar-refractivity contribution >= 4 is 39.7 Å². The lowest BCUT2D eigenvalue weighted by atomic mass is 10.0. The molecule has 0 heterocycles. The number of hydrogen-bond donors (Lipinski definition) is 0. The summed E-state index contributed by atoms with van der Waals surface area (Å²) < 4.78 is 64.7. The Kier molecular flexibility index (Phi) is 6.88. The molecule has 0 spiro atoms. The molecule has 4 aromatic carbocycles. The molecule has 1 unspecified atom stereocenters. The van der Waals surface area contributed by atoms with Gasteiger partial charge in [0, 0.05) is 5.75 Å². The molecular weight excluding hydrogens is 480 g/mol. The fourth-order valence-corrected chi connectivity index (χ4v) is 7.03. The van der Waals surface area contributed by atoms with Gasteiger partial charge in [0.15, 0.2) is 0 Å². The van der Waals surface area contributed by atoms with Crippen molar-refractivity contribution in [2.45, 2.75) is 33.4 Å². The minimum Gasteiger partial charge on any atom is -0.408 e. The smallest absolute Gasteiger partial charge is 0.408 e. The topological polar surface area (TPSA) is 35.5 Å². The van der Waals surface area contributed by atoms with Crippen LogP contribution in [0.3, 0.4) is 0 Å². The summed E-state index contributed by atoms with van der Waals surface area (Å²) in [6.45, 7) is 2.27. The summed E-state index contributed by atoms with van der Waals surface area (Å²) in [5.74, 6) is 1.47. The van der Waals surface area contributed by atoms with Gasteiger partial charge in [0.2, 0.25) is 0 Å². The molecule has 8 heteroatoms. The molecule has 0 radical (unpaired) electrons. The molecule has 0 amide bonds. The standard InChI is InChI=1S/C26H24F3O3PS/c1-4-11-34-33(30,32-25-10-5-17(2)12-18(25)3)31-24-9-7-20-13-21-15-23(26(27,28)29)8-6-19(21)14-22(20)16-24/h5-10,12-16H,4,11H2,1-3H3. The quantitative estimate of drug-likeness (QED) is 0.186. The van der Waals surface area contributed by atoms with E-state index in [4.69, 9.17) is 9.05 Å². The Hall–Kier alpha value is -2.63. The summed E-state index contributed by atoms with van der Waals surface area (Å²) in [6.07, 6.45) is -3.59. The van der Waals surface area contributed by atoms with Gasteiger partial charge in [-0.15, -0.1) is 0 Å². The Morgan fingerprint density at radius 1 is 0.824 bits per heavy atom. The maximum atomic E-state index is 13.6. The van der Waals surface area contributed by atoms with Gasteiger partial charge >= 0.3 is 13.0 Å². The van der Waals surface area contributed by atoms with E-state index in [1.54, 1.807) is 36.4 Å². The number of rotatable bonds is 7. The Morgan fingerprint density at radius 2 is 1.50 bits per heavy atom. The molecule has 4 aromatic rings. The number of benzene rings is 4. The van der Waals surface area contributed by atoms with Crippen LogP contribution in [-0.4, -0.2) is 5.75 Å². The molecule has 0 saturated carbocycles. The largest absolute Gasteiger partial charge is 0.492 e. The van der Waals surface area contributed by atoms with Crippen LogP contribution in [0.5, 0.6) is 11.5 Å². The lowest BCUT2D eigenvalue weighted by molar-refractivity contribution is -0.137. The molecule has 34 heavy (non-hydrogen) atoms. The first-order valence-electron chi connectivity index (χ1n) is 10.8. The molecule has 0 fully saturated rings. The third-order valence-electron chi connectivity index (χ3n) is 5.31. The van der Waals surface area contributed by atoms with Crippen LogP contribution in [-0.2, 0) is 10.7 Å². The maximum Gasteiger partial charge on any atom is 0.492 e. The van der Waals surface area contributed by atoms with Crippen LogP contribution in [0, 0.1) is 13.8 Å². The number of halogens is 3. The van der Waals surface area contributed by atoms with Crippen molar-refractivity contribution in [1.82, 2.24) is 0 Å². The van der Waals surface area contributed by atoms with Crippen molar-refractivity contribution in [2.75, 3.05) is 5.75 Å². The molecule has 0 aliphatic carbocycles. The molecule has 178 valence electrons. The van der Waals surface area contributed by atoms with Gasteiger partial charge in [0.1, 0.15) is 11.5 Å². The lowest BCUT2D eigenvalue weighted by Crippen LogP contribution is -2.04. The lowest BCUT2D eigenvalue weighted by Gasteiger charge is -2.20. The van der Waals surface area contributed by atoms with Gasteiger partial charge < -0.3 is 9.05 Å². The minimum absolute atomic E-state index is 0.371. The monoisotopic (exact) mass is 504 g/mol. The average Bonchev–Trinajstić information content (AvgIpc) is 2.77. The van der Waals surface area contributed by atoms with Crippen LogP contribution in [0.15, 0.2) is 66.7 Å². The van der Waals surface area contributed by atoms with E-state index >= 15 is 0 Å². The van der Waals surface area contributed by atoms with E-state index in [9.17, 15) is 17.7 Å². The number of alkyl halides is 3. The molecule has 3 nitrogen and oxygen atoms in total. The molecule has 0 bridgehead atoms. The first-order valence-corrected chi connectivity index (χ1v) is 14.0. The summed E-state index contributed by atoms with van der Waals surface area (Å²) in [7, 11) is 0. The summed E-state index contributed by atoms with van der Waals surface area (Å²) >= 11 is 1.14. The number of fused-ring (bicyclic) bond motifs is 2. The Labute approximate surface area is 200 Å². The highest BCUT2D eigenvalue weighted by Gasteiger charge is 2.31. The summed E-state index contributed by atoms with van der Waals surface area (Å²) in [6, 6.07) is 17.9. The van der Waals surface area contributed by atoms with E-state index in [2.05, 4.69) is 0 Å². The molecule has 0 aliphatic rings. The first kappa shape index (κ1) is 24.5. The third-order valence-corrected chi connectivity index (χ3v) is 9.01. The highest BCUT2D eigenvalue weighted by Crippen LogP contribution is 2.60. The van der Waals surface area contributed by atoms with Crippen molar-refractivity contribution in [2.24, 2.45) is 0 Å². The van der Waals surface area contributed by atoms with E-state index < -0.39 is 18.5 Å². The highest BCUT2D eigenvalue weighted by atomic mass is 32.7. The third kappa shape index (κ3) is 5.53. The summed E-state index contributed by atoms with van der Waals surface area (Å²) in [5, 5.41) is 2.69. The van der Waals surface area contributed by atoms with Crippen LogP contribution in [0.2, 0.25) is 0 Å². The second-order valence-corrected chi connectivity index (χ2v) is 12.2. The fraction of sp³-hybridized carbons (Fsp3) is 0.231. The van der Waals surface area contributed by atoms with Crippen LogP contribution >= 0.6 is 18.2 Å². The second kappa shape index (κ2) is 9.55. The fourth-order valence-electron chi connectivity index (χ4n) is 3.63. The normalized spacial score (nSPS) is 13.7. The SMILES string of the molecule is CCCSP(=O)(Oc1ccc2cc3cc(C(F)(F)F)ccc3cc2c1)Oc1ccc(C)cc1C. The van der Waals surface area contributed by atoms with Crippen LogP contribution in [0.4, 0.5) is 13.2 Å². The molecule has 0 N–H and O–H groups in total. The number of aryl methyl sites for hydroxylation is 2. The predicted molar refractivity (Wildman–Crippen MR) is 134 cm³/mol. The second-order valence-electron chi connectivity index (χ2n) is 8.15. The zero-order chi connectivity index (χ0) is 24.5. The average molecular weight is 505 g/mol. The van der Waals surface area contributed by atoms with Crippen molar-refractivity contribution in [3.63, 3.8) is 0 Å². The van der Waals surface area contributed by atoms with Crippen LogP contribution < -0.4 is 9.05 Å². The van der Waals surface area contributed by atoms with Crippen LogP contribution in [0.25, 0.3) is 21.5 Å². The number of hydrogen-bond acceptors (Lipinski definition) is 4. The van der Waals surface area contributed by atoms with Crippen LogP contribution in [0.1, 0.15) is 30.0 Å². The van der Waals surface area contributed by atoms with E-state index in [1.165, 1.54) is 6.07 Å².